The smallest absolute Gasteiger partial charge is 0.126 e. The lowest BCUT2D eigenvalue weighted by molar-refractivity contribution is 0.320. The number of hydrogen-bond acceptors (Lipinski definition) is 2. The van der Waals surface area contributed by atoms with Crippen LogP contribution < -0.4 is 0 Å². The van der Waals surface area contributed by atoms with Crippen LogP contribution in [0, 0.1) is 5.92 Å². The molecule has 1 aromatic heterocycles. The van der Waals surface area contributed by atoms with Gasteiger partial charge >= 0.3 is 0 Å². The Labute approximate surface area is 72.5 Å². The molecular formula is C10H14O2. The summed E-state index contributed by atoms with van der Waals surface area (Å²) in [5.41, 5.74) is 0.991. The van der Waals surface area contributed by atoms with Crippen molar-refractivity contribution in [3.05, 3.63) is 29.7 Å². The van der Waals surface area contributed by atoms with Crippen molar-refractivity contribution in [1.82, 2.24) is 0 Å². The second-order valence-electron chi connectivity index (χ2n) is 3.05. The van der Waals surface area contributed by atoms with Crippen LogP contribution in [0.3, 0.4) is 0 Å². The van der Waals surface area contributed by atoms with Crippen molar-refractivity contribution in [3.8, 4) is 0 Å². The molecule has 1 heterocycles. The summed E-state index contributed by atoms with van der Waals surface area (Å²) < 4.78 is 5.13. The van der Waals surface area contributed by atoms with Gasteiger partial charge in [-0.2, -0.15) is 0 Å². The summed E-state index contributed by atoms with van der Waals surface area (Å²) in [7, 11) is 0. The van der Waals surface area contributed by atoms with Crippen molar-refractivity contribution in [1.29, 1.82) is 0 Å². The summed E-state index contributed by atoms with van der Waals surface area (Å²) in [6.45, 7) is 4.19. The van der Waals surface area contributed by atoms with Gasteiger partial charge < -0.3 is 9.52 Å². The van der Waals surface area contributed by atoms with Crippen molar-refractivity contribution in [2.75, 3.05) is 6.61 Å². The number of aliphatic hydroxyl groups is 1. The average molecular weight is 166 g/mol. The average Bonchev–Trinajstić information content (AvgIpc) is 2.51. The normalized spacial score (nSPS) is 12.5. The van der Waals surface area contributed by atoms with Crippen LogP contribution in [0.15, 0.2) is 28.4 Å². The lowest BCUT2D eigenvalue weighted by atomic mass is 10.0. The molecule has 66 valence electrons. The standard InChI is InChI=1S/C10H14O2/c1-8(2)9(7-11)6-10-4-3-5-12-10/h3-6,8,11H,7H2,1-2H3/b9-6-. The van der Waals surface area contributed by atoms with Gasteiger partial charge in [0.1, 0.15) is 5.76 Å². The van der Waals surface area contributed by atoms with E-state index in [9.17, 15) is 0 Å². The van der Waals surface area contributed by atoms with Gasteiger partial charge in [0.25, 0.3) is 0 Å². The molecule has 0 aliphatic heterocycles. The molecule has 0 aliphatic carbocycles. The van der Waals surface area contributed by atoms with Crippen molar-refractivity contribution in [2.45, 2.75) is 13.8 Å². The Hall–Kier alpha value is -1.02. The maximum Gasteiger partial charge on any atom is 0.126 e. The first-order valence-corrected chi connectivity index (χ1v) is 4.09. The van der Waals surface area contributed by atoms with Gasteiger partial charge in [0.2, 0.25) is 0 Å². The fourth-order valence-electron chi connectivity index (χ4n) is 0.951. The molecule has 0 aliphatic rings. The van der Waals surface area contributed by atoms with Crippen molar-refractivity contribution < 1.29 is 9.52 Å². The molecule has 0 atom stereocenters. The molecule has 12 heavy (non-hydrogen) atoms. The predicted molar refractivity (Wildman–Crippen MR) is 48.6 cm³/mol. The molecule has 0 spiro atoms. The topological polar surface area (TPSA) is 33.4 Å². The van der Waals surface area contributed by atoms with Gasteiger partial charge in [0.05, 0.1) is 12.9 Å². The number of rotatable bonds is 3. The highest BCUT2D eigenvalue weighted by atomic mass is 16.3. The molecule has 2 nitrogen and oxygen atoms in total. The highest BCUT2D eigenvalue weighted by Crippen LogP contribution is 2.13. The zero-order valence-corrected chi connectivity index (χ0v) is 7.45. The first kappa shape index (κ1) is 9.07. The first-order chi connectivity index (χ1) is 5.74. The van der Waals surface area contributed by atoms with E-state index in [1.54, 1.807) is 6.26 Å². The monoisotopic (exact) mass is 166 g/mol. The van der Waals surface area contributed by atoms with Gasteiger partial charge in [-0.15, -0.1) is 0 Å². The minimum Gasteiger partial charge on any atom is -0.465 e. The molecule has 1 N–H and O–H groups in total. The second-order valence-corrected chi connectivity index (χ2v) is 3.05. The Morgan fingerprint density at radius 2 is 2.42 bits per heavy atom. The van der Waals surface area contributed by atoms with Gasteiger partial charge in [-0.1, -0.05) is 13.8 Å². The van der Waals surface area contributed by atoms with Crippen LogP contribution in [-0.2, 0) is 0 Å². The molecule has 0 bridgehead atoms. The molecule has 0 unspecified atom stereocenters. The SMILES string of the molecule is CC(C)/C(=C\c1ccco1)CO. The van der Waals surface area contributed by atoms with Crippen LogP contribution in [0.1, 0.15) is 19.6 Å². The molecular weight excluding hydrogens is 152 g/mol. The van der Waals surface area contributed by atoms with Crippen LogP contribution in [0.4, 0.5) is 0 Å². The Kier molecular flexibility index (Phi) is 3.11. The molecule has 1 aromatic rings. The Morgan fingerprint density at radius 1 is 1.67 bits per heavy atom. The van der Waals surface area contributed by atoms with Gasteiger partial charge in [0, 0.05) is 0 Å². The fraction of sp³-hybridized carbons (Fsp3) is 0.400. The molecule has 1 rings (SSSR count). The van der Waals surface area contributed by atoms with Crippen molar-refractivity contribution >= 4 is 6.08 Å². The summed E-state index contributed by atoms with van der Waals surface area (Å²) in [4.78, 5) is 0. The minimum atomic E-state index is 0.0956. The van der Waals surface area contributed by atoms with E-state index in [0.29, 0.717) is 5.92 Å². The third kappa shape index (κ3) is 2.24. The van der Waals surface area contributed by atoms with Crippen LogP contribution >= 0.6 is 0 Å². The van der Waals surface area contributed by atoms with Crippen LogP contribution in [-0.4, -0.2) is 11.7 Å². The highest BCUT2D eigenvalue weighted by Gasteiger charge is 2.02. The molecule has 0 saturated carbocycles. The van der Waals surface area contributed by atoms with Gasteiger partial charge in [-0.3, -0.25) is 0 Å². The Morgan fingerprint density at radius 3 is 2.83 bits per heavy atom. The van der Waals surface area contributed by atoms with Gasteiger partial charge in [-0.25, -0.2) is 0 Å². The van der Waals surface area contributed by atoms with Crippen LogP contribution in [0.25, 0.3) is 6.08 Å². The van der Waals surface area contributed by atoms with E-state index in [4.69, 9.17) is 9.52 Å². The van der Waals surface area contributed by atoms with E-state index in [-0.39, 0.29) is 6.61 Å². The first-order valence-electron chi connectivity index (χ1n) is 4.09. The predicted octanol–water partition coefficient (Wildman–Crippen LogP) is 2.31. The summed E-state index contributed by atoms with van der Waals surface area (Å²) in [5.74, 6) is 1.16. The maximum absolute atomic E-state index is 8.99. The summed E-state index contributed by atoms with van der Waals surface area (Å²) in [6, 6.07) is 3.71. The van der Waals surface area contributed by atoms with Gasteiger partial charge in [-0.05, 0) is 29.7 Å². The van der Waals surface area contributed by atoms with Crippen LogP contribution in [0.5, 0.6) is 0 Å². The van der Waals surface area contributed by atoms with E-state index in [1.165, 1.54) is 0 Å². The minimum absolute atomic E-state index is 0.0956. The lowest BCUT2D eigenvalue weighted by Gasteiger charge is -2.05. The second kappa shape index (κ2) is 4.12. The summed E-state index contributed by atoms with van der Waals surface area (Å²) in [6.07, 6.45) is 3.51. The zero-order valence-electron chi connectivity index (χ0n) is 7.45. The zero-order chi connectivity index (χ0) is 8.97. The van der Waals surface area contributed by atoms with E-state index >= 15 is 0 Å². The molecule has 0 aromatic carbocycles. The molecule has 0 amide bonds. The van der Waals surface area contributed by atoms with E-state index in [2.05, 4.69) is 0 Å². The van der Waals surface area contributed by atoms with Crippen molar-refractivity contribution in [3.63, 3.8) is 0 Å². The molecule has 0 saturated heterocycles. The van der Waals surface area contributed by atoms with Gasteiger partial charge in [0.15, 0.2) is 0 Å². The number of hydrogen-bond donors (Lipinski definition) is 1. The van der Waals surface area contributed by atoms with Crippen LogP contribution in [0.2, 0.25) is 0 Å². The maximum atomic E-state index is 8.99. The molecule has 2 heteroatoms. The van der Waals surface area contributed by atoms with E-state index in [1.807, 2.05) is 32.1 Å². The molecule has 0 radical (unpaired) electrons. The molecule has 0 fully saturated rings. The van der Waals surface area contributed by atoms with Crippen molar-refractivity contribution in [2.24, 2.45) is 5.92 Å². The lowest BCUT2D eigenvalue weighted by Crippen LogP contribution is -1.98. The van der Waals surface area contributed by atoms with E-state index in [0.717, 1.165) is 11.3 Å². The Balaban J connectivity index is 2.78. The largest absolute Gasteiger partial charge is 0.465 e. The van der Waals surface area contributed by atoms with E-state index < -0.39 is 0 Å². The third-order valence-electron chi connectivity index (χ3n) is 1.79. The summed E-state index contributed by atoms with van der Waals surface area (Å²) >= 11 is 0. The number of furan rings is 1. The fourth-order valence-corrected chi connectivity index (χ4v) is 0.951. The Bertz CT molecular complexity index is 245. The third-order valence-corrected chi connectivity index (χ3v) is 1.79. The number of aliphatic hydroxyl groups excluding tert-OH is 1. The highest BCUT2D eigenvalue weighted by molar-refractivity contribution is 5.47. The summed E-state index contributed by atoms with van der Waals surface area (Å²) in [5, 5.41) is 8.99. The quantitative estimate of drug-likeness (QED) is 0.747.